The number of hydrogen-bond donors (Lipinski definition) is 0. The van der Waals surface area contributed by atoms with Crippen molar-refractivity contribution in [2.45, 2.75) is 6.54 Å². The van der Waals surface area contributed by atoms with Crippen molar-refractivity contribution >= 4 is 23.2 Å². The van der Waals surface area contributed by atoms with E-state index in [1.807, 2.05) is 60.8 Å². The fourth-order valence-electron chi connectivity index (χ4n) is 3.21. The molecule has 0 aliphatic carbocycles. The second-order valence-corrected chi connectivity index (χ2v) is 6.34. The first-order chi connectivity index (χ1) is 13.4. The zero-order chi connectivity index (χ0) is 18.1. The standard InChI is InChI=1S/C22H17N3O2/c1-2-6-16(7-3-1)14-25-19-9-5-4-8-18(19)24-22(25)23-13-17-10-11-20-21(12-17)27-15-26-20/h1-13H,14-15H2. The van der Waals surface area contributed by atoms with Crippen LogP contribution in [-0.4, -0.2) is 22.6 Å². The summed E-state index contributed by atoms with van der Waals surface area (Å²) in [6, 6.07) is 24.2. The van der Waals surface area contributed by atoms with Crippen LogP contribution in [0, 0.1) is 0 Å². The van der Waals surface area contributed by atoms with Crippen LogP contribution in [0.2, 0.25) is 0 Å². The number of ether oxygens (including phenoxy) is 2. The van der Waals surface area contributed by atoms with E-state index in [1.54, 1.807) is 0 Å². The highest BCUT2D eigenvalue weighted by Crippen LogP contribution is 2.32. The van der Waals surface area contributed by atoms with Crippen molar-refractivity contribution in [3.8, 4) is 11.5 Å². The minimum atomic E-state index is 0.267. The number of aliphatic imine (C=N–C) groups is 1. The normalized spacial score (nSPS) is 12.9. The van der Waals surface area contributed by atoms with E-state index < -0.39 is 0 Å². The molecule has 1 aromatic heterocycles. The Morgan fingerprint density at radius 2 is 1.74 bits per heavy atom. The third-order valence-electron chi connectivity index (χ3n) is 4.54. The molecule has 2 heterocycles. The van der Waals surface area contributed by atoms with Gasteiger partial charge < -0.3 is 14.0 Å². The molecule has 0 fully saturated rings. The number of fused-ring (bicyclic) bond motifs is 2. The lowest BCUT2D eigenvalue weighted by Crippen LogP contribution is -1.99. The molecule has 0 saturated carbocycles. The number of aromatic nitrogens is 2. The molecule has 0 atom stereocenters. The van der Waals surface area contributed by atoms with E-state index in [9.17, 15) is 0 Å². The number of para-hydroxylation sites is 2. The SMILES string of the molecule is C(=Nc1nc2ccccc2n1Cc1ccccc1)c1ccc2c(c1)OCO2. The molecule has 1 aliphatic rings. The maximum atomic E-state index is 5.44. The molecule has 3 aromatic carbocycles. The topological polar surface area (TPSA) is 48.6 Å². The van der Waals surface area contributed by atoms with Gasteiger partial charge in [-0.05, 0) is 41.5 Å². The van der Waals surface area contributed by atoms with Crippen molar-refractivity contribution in [3.63, 3.8) is 0 Å². The van der Waals surface area contributed by atoms with Gasteiger partial charge in [0.05, 0.1) is 17.6 Å². The number of rotatable bonds is 4. The molecule has 5 rings (SSSR count). The second kappa shape index (κ2) is 6.61. The van der Waals surface area contributed by atoms with Gasteiger partial charge in [-0.3, -0.25) is 0 Å². The Labute approximate surface area is 156 Å². The van der Waals surface area contributed by atoms with Crippen LogP contribution in [0.4, 0.5) is 5.95 Å². The minimum absolute atomic E-state index is 0.267. The fourth-order valence-corrected chi connectivity index (χ4v) is 3.21. The molecule has 1 aliphatic heterocycles. The van der Waals surface area contributed by atoms with E-state index in [-0.39, 0.29) is 6.79 Å². The van der Waals surface area contributed by atoms with Crippen LogP contribution >= 0.6 is 0 Å². The van der Waals surface area contributed by atoms with Crippen molar-refractivity contribution in [2.75, 3.05) is 6.79 Å². The molecule has 0 saturated heterocycles. The van der Waals surface area contributed by atoms with E-state index in [2.05, 4.69) is 27.8 Å². The molecule has 132 valence electrons. The lowest BCUT2D eigenvalue weighted by molar-refractivity contribution is 0.174. The van der Waals surface area contributed by atoms with Crippen LogP contribution in [0.15, 0.2) is 77.8 Å². The molecule has 0 N–H and O–H groups in total. The van der Waals surface area contributed by atoms with E-state index in [0.717, 1.165) is 34.6 Å². The van der Waals surface area contributed by atoms with Gasteiger partial charge in [-0.25, -0.2) is 9.98 Å². The highest BCUT2D eigenvalue weighted by molar-refractivity contribution is 5.84. The minimum Gasteiger partial charge on any atom is -0.454 e. The Balaban J connectivity index is 1.53. The van der Waals surface area contributed by atoms with Crippen molar-refractivity contribution in [1.82, 2.24) is 9.55 Å². The maximum absolute atomic E-state index is 5.44. The van der Waals surface area contributed by atoms with Gasteiger partial charge in [0.1, 0.15) is 0 Å². The quantitative estimate of drug-likeness (QED) is 0.504. The highest BCUT2D eigenvalue weighted by atomic mass is 16.7. The first-order valence-corrected chi connectivity index (χ1v) is 8.80. The van der Waals surface area contributed by atoms with Crippen molar-refractivity contribution in [2.24, 2.45) is 4.99 Å². The fraction of sp³-hybridized carbons (Fsp3) is 0.0909. The summed E-state index contributed by atoms with van der Waals surface area (Å²) < 4.78 is 12.9. The summed E-state index contributed by atoms with van der Waals surface area (Å²) in [5.41, 5.74) is 4.16. The lowest BCUT2D eigenvalue weighted by Gasteiger charge is -2.06. The Morgan fingerprint density at radius 1 is 0.926 bits per heavy atom. The molecule has 0 bridgehead atoms. The summed E-state index contributed by atoms with van der Waals surface area (Å²) >= 11 is 0. The molecule has 0 spiro atoms. The second-order valence-electron chi connectivity index (χ2n) is 6.34. The maximum Gasteiger partial charge on any atom is 0.231 e. The summed E-state index contributed by atoms with van der Waals surface area (Å²) in [6.45, 7) is 0.984. The van der Waals surface area contributed by atoms with E-state index >= 15 is 0 Å². The zero-order valence-electron chi connectivity index (χ0n) is 14.6. The van der Waals surface area contributed by atoms with Gasteiger partial charge in [-0.1, -0.05) is 42.5 Å². The summed E-state index contributed by atoms with van der Waals surface area (Å²) in [6.07, 6.45) is 1.81. The molecule has 5 nitrogen and oxygen atoms in total. The van der Waals surface area contributed by atoms with Crippen LogP contribution in [0.5, 0.6) is 11.5 Å². The third-order valence-corrected chi connectivity index (χ3v) is 4.54. The smallest absolute Gasteiger partial charge is 0.231 e. The first kappa shape index (κ1) is 15.6. The van der Waals surface area contributed by atoms with Crippen molar-refractivity contribution in [3.05, 3.63) is 83.9 Å². The third kappa shape index (κ3) is 3.04. The van der Waals surface area contributed by atoms with Crippen molar-refractivity contribution < 1.29 is 9.47 Å². The van der Waals surface area contributed by atoms with Crippen molar-refractivity contribution in [1.29, 1.82) is 0 Å². The van der Waals surface area contributed by atoms with Gasteiger partial charge in [0.25, 0.3) is 0 Å². The molecule has 0 amide bonds. The summed E-state index contributed by atoms with van der Waals surface area (Å²) in [4.78, 5) is 9.37. The molecule has 4 aromatic rings. The number of nitrogens with zero attached hydrogens (tertiary/aromatic N) is 3. The van der Waals surface area contributed by atoms with Gasteiger partial charge in [0.15, 0.2) is 11.5 Å². The molecule has 0 radical (unpaired) electrons. The monoisotopic (exact) mass is 355 g/mol. The number of hydrogen-bond acceptors (Lipinski definition) is 4. The van der Waals surface area contributed by atoms with E-state index in [1.165, 1.54) is 5.56 Å². The first-order valence-electron chi connectivity index (χ1n) is 8.80. The van der Waals surface area contributed by atoms with Crippen LogP contribution in [0.1, 0.15) is 11.1 Å². The van der Waals surface area contributed by atoms with Crippen LogP contribution in [0.25, 0.3) is 11.0 Å². The predicted molar refractivity (Wildman–Crippen MR) is 105 cm³/mol. The average molecular weight is 355 g/mol. The van der Waals surface area contributed by atoms with Gasteiger partial charge in [0.2, 0.25) is 12.7 Å². The number of imidazole rings is 1. The Kier molecular flexibility index (Phi) is 3.83. The zero-order valence-corrected chi connectivity index (χ0v) is 14.6. The van der Waals surface area contributed by atoms with Gasteiger partial charge >= 0.3 is 0 Å². The summed E-state index contributed by atoms with van der Waals surface area (Å²) in [7, 11) is 0. The Hall–Kier alpha value is -3.60. The summed E-state index contributed by atoms with van der Waals surface area (Å²) in [5.74, 6) is 2.19. The largest absolute Gasteiger partial charge is 0.454 e. The molecular weight excluding hydrogens is 338 g/mol. The molecule has 5 heteroatoms. The Morgan fingerprint density at radius 3 is 2.67 bits per heavy atom. The molecule has 0 unspecified atom stereocenters. The predicted octanol–water partition coefficient (Wildman–Crippen LogP) is 4.56. The van der Waals surface area contributed by atoms with Gasteiger partial charge in [-0.2, -0.15) is 0 Å². The molecular formula is C22H17N3O2. The summed E-state index contributed by atoms with van der Waals surface area (Å²) in [5, 5.41) is 0. The number of benzene rings is 3. The Bertz CT molecular complexity index is 1130. The van der Waals surface area contributed by atoms with Crippen LogP contribution in [-0.2, 0) is 6.54 Å². The van der Waals surface area contributed by atoms with E-state index in [0.29, 0.717) is 5.95 Å². The van der Waals surface area contributed by atoms with Gasteiger partial charge in [-0.15, -0.1) is 0 Å². The molecule has 27 heavy (non-hydrogen) atoms. The average Bonchev–Trinajstić information content (AvgIpc) is 3.31. The van der Waals surface area contributed by atoms with Gasteiger partial charge in [0, 0.05) is 6.21 Å². The van der Waals surface area contributed by atoms with E-state index in [4.69, 9.17) is 14.5 Å². The van der Waals surface area contributed by atoms with Crippen LogP contribution in [0.3, 0.4) is 0 Å². The highest BCUT2D eigenvalue weighted by Gasteiger charge is 2.13. The van der Waals surface area contributed by atoms with Crippen LogP contribution < -0.4 is 9.47 Å². The lowest BCUT2D eigenvalue weighted by atomic mass is 10.2.